The second-order valence-corrected chi connectivity index (χ2v) is 7.58. The van der Waals surface area contributed by atoms with E-state index in [9.17, 15) is 9.90 Å². The van der Waals surface area contributed by atoms with Crippen LogP contribution in [0.2, 0.25) is 0 Å². The van der Waals surface area contributed by atoms with Gasteiger partial charge in [0.1, 0.15) is 12.0 Å². The first-order valence-corrected chi connectivity index (χ1v) is 7.92. The summed E-state index contributed by atoms with van der Waals surface area (Å²) in [7, 11) is 0. The number of hydrogen-bond acceptors (Lipinski definition) is 4. The summed E-state index contributed by atoms with van der Waals surface area (Å²) in [6, 6.07) is 7.82. The van der Waals surface area contributed by atoms with Crippen LogP contribution >= 0.6 is 23.5 Å². The van der Waals surface area contributed by atoms with Gasteiger partial charge < -0.3 is 15.2 Å². The maximum atomic E-state index is 11.1. The number of hydrogen-bond donors (Lipinski definition) is 1. The van der Waals surface area contributed by atoms with Gasteiger partial charge in [-0.25, -0.2) is 0 Å². The van der Waals surface area contributed by atoms with Gasteiger partial charge in [-0.05, 0) is 32.2 Å². The van der Waals surface area contributed by atoms with Crippen molar-refractivity contribution in [1.82, 2.24) is 0 Å². The molecule has 1 aromatic carbocycles. The Kier molecular flexibility index (Phi) is 3.94. The van der Waals surface area contributed by atoms with Crippen LogP contribution in [0.15, 0.2) is 29.2 Å². The van der Waals surface area contributed by atoms with E-state index in [1.165, 1.54) is 4.90 Å². The van der Waals surface area contributed by atoms with Crippen molar-refractivity contribution in [2.24, 2.45) is 0 Å². The lowest BCUT2D eigenvalue weighted by molar-refractivity contribution is -0.695. The van der Waals surface area contributed by atoms with E-state index in [1.807, 2.05) is 25.4 Å². The molecule has 0 amide bonds. The lowest BCUT2D eigenvalue weighted by Gasteiger charge is -2.21. The minimum Gasteiger partial charge on any atom is -0.544 e. The number of carbonyl (C=O) groups excluding carboxylic acids is 1. The predicted octanol–water partition coefficient (Wildman–Crippen LogP) is 0.614. The molecule has 0 bridgehead atoms. The zero-order valence-corrected chi connectivity index (χ0v) is 12.3. The van der Waals surface area contributed by atoms with E-state index >= 15 is 0 Å². The average molecular weight is 283 g/mol. The fraction of sp³-hybridized carbons (Fsp3) is 0.462. The van der Waals surface area contributed by atoms with E-state index in [-0.39, 0.29) is 10.1 Å². The molecule has 1 aliphatic heterocycles. The van der Waals surface area contributed by atoms with Gasteiger partial charge >= 0.3 is 0 Å². The zero-order chi connectivity index (χ0) is 13.3. The highest BCUT2D eigenvalue weighted by atomic mass is 32.2. The Balaban J connectivity index is 2.18. The summed E-state index contributed by atoms with van der Waals surface area (Å²) in [6.45, 7) is 3.93. The van der Waals surface area contributed by atoms with E-state index < -0.39 is 12.0 Å². The van der Waals surface area contributed by atoms with Crippen LogP contribution in [-0.2, 0) is 4.79 Å². The molecule has 3 nitrogen and oxygen atoms in total. The van der Waals surface area contributed by atoms with Crippen LogP contribution in [0.1, 0.15) is 24.8 Å². The third-order valence-electron chi connectivity index (χ3n) is 3.25. The summed E-state index contributed by atoms with van der Waals surface area (Å²) in [5.41, 5.74) is 1.16. The van der Waals surface area contributed by atoms with Crippen LogP contribution < -0.4 is 10.4 Å². The molecule has 2 rings (SSSR count). The van der Waals surface area contributed by atoms with Gasteiger partial charge in [-0.15, -0.1) is 11.8 Å². The molecule has 0 unspecified atom stereocenters. The molecule has 0 aromatic heterocycles. The van der Waals surface area contributed by atoms with Crippen molar-refractivity contribution in [3.05, 3.63) is 29.8 Å². The lowest BCUT2D eigenvalue weighted by atomic mass is 10.0. The fourth-order valence-electron chi connectivity index (χ4n) is 2.18. The molecule has 1 heterocycles. The number of carbonyl (C=O) groups is 1. The van der Waals surface area contributed by atoms with Gasteiger partial charge in [-0.1, -0.05) is 23.9 Å². The number of thioether (sulfide) groups is 2. The number of carboxylic acids is 1. The molecule has 98 valence electrons. The highest BCUT2D eigenvalue weighted by Gasteiger charge is 2.46. The van der Waals surface area contributed by atoms with Crippen LogP contribution in [0.4, 0.5) is 0 Å². The van der Waals surface area contributed by atoms with E-state index in [0.717, 1.165) is 5.56 Å². The molecular formula is C13H17NO2S2. The van der Waals surface area contributed by atoms with Gasteiger partial charge in [0.05, 0.1) is 4.75 Å². The second-order valence-electron chi connectivity index (χ2n) is 4.90. The van der Waals surface area contributed by atoms with E-state index in [0.29, 0.717) is 0 Å². The fourth-order valence-corrected chi connectivity index (χ4v) is 4.09. The summed E-state index contributed by atoms with van der Waals surface area (Å²) < 4.78 is -0.304. The summed E-state index contributed by atoms with van der Waals surface area (Å²) in [5, 5.41) is 13.2. The van der Waals surface area contributed by atoms with Crippen LogP contribution in [0.5, 0.6) is 0 Å². The van der Waals surface area contributed by atoms with Crippen molar-refractivity contribution in [1.29, 1.82) is 0 Å². The second kappa shape index (κ2) is 5.15. The topological polar surface area (TPSA) is 56.7 Å². The van der Waals surface area contributed by atoms with E-state index in [1.54, 1.807) is 23.5 Å². The van der Waals surface area contributed by atoms with Gasteiger partial charge in [-0.2, -0.15) is 0 Å². The monoisotopic (exact) mass is 283 g/mol. The first-order chi connectivity index (χ1) is 8.44. The van der Waals surface area contributed by atoms with Crippen LogP contribution in [0, 0.1) is 0 Å². The Hall–Kier alpha value is -0.650. The zero-order valence-electron chi connectivity index (χ0n) is 10.7. The van der Waals surface area contributed by atoms with Crippen LogP contribution in [0.3, 0.4) is 0 Å². The Bertz CT molecular complexity index is 445. The minimum absolute atomic E-state index is 0.138. The highest BCUT2D eigenvalue weighted by Crippen LogP contribution is 2.40. The summed E-state index contributed by atoms with van der Waals surface area (Å²) in [6.07, 6.45) is 2.04. The molecule has 0 spiro atoms. The van der Waals surface area contributed by atoms with E-state index in [4.69, 9.17) is 0 Å². The van der Waals surface area contributed by atoms with Crippen molar-refractivity contribution in [3.8, 4) is 0 Å². The highest BCUT2D eigenvalue weighted by molar-refractivity contribution is 8.00. The van der Waals surface area contributed by atoms with Gasteiger partial charge in [-0.3, -0.25) is 0 Å². The van der Waals surface area contributed by atoms with Crippen LogP contribution in [0.25, 0.3) is 0 Å². The summed E-state index contributed by atoms with van der Waals surface area (Å²) in [5.74, 6) is -0.976. The molecule has 1 fully saturated rings. The minimum atomic E-state index is -0.976. The molecule has 1 aliphatic rings. The molecule has 0 radical (unpaired) electrons. The molecule has 18 heavy (non-hydrogen) atoms. The number of benzene rings is 1. The molecule has 0 saturated carbocycles. The Morgan fingerprint density at radius 2 is 2.00 bits per heavy atom. The first-order valence-electron chi connectivity index (χ1n) is 5.81. The molecule has 0 aliphatic carbocycles. The number of nitrogens with two attached hydrogens (primary N) is 1. The molecular weight excluding hydrogens is 266 g/mol. The van der Waals surface area contributed by atoms with Crippen LogP contribution in [-0.4, -0.2) is 23.0 Å². The van der Waals surface area contributed by atoms with Crippen molar-refractivity contribution in [2.45, 2.75) is 34.9 Å². The van der Waals surface area contributed by atoms with E-state index in [2.05, 4.69) is 24.3 Å². The van der Waals surface area contributed by atoms with Crippen molar-refractivity contribution in [3.63, 3.8) is 0 Å². The third kappa shape index (κ3) is 2.68. The largest absolute Gasteiger partial charge is 0.544 e. The van der Waals surface area contributed by atoms with Gasteiger partial charge in [0, 0.05) is 10.5 Å². The standard InChI is InChI=1S/C13H17NO2S2/c1-13(2)10(12(15)16)14-11(18-13)8-4-6-9(17-3)7-5-8/h4-7,10-11,14H,1-3H3,(H,15,16)/t10-,11+/m0/s1. The normalized spacial score (nSPS) is 26.2. The van der Waals surface area contributed by atoms with Crippen molar-refractivity contribution in [2.75, 3.05) is 6.26 Å². The van der Waals surface area contributed by atoms with Crippen molar-refractivity contribution >= 4 is 29.5 Å². The Morgan fingerprint density at radius 1 is 1.39 bits per heavy atom. The number of rotatable bonds is 3. The Morgan fingerprint density at radius 3 is 2.44 bits per heavy atom. The maximum absolute atomic E-state index is 11.1. The molecule has 2 atom stereocenters. The summed E-state index contributed by atoms with van der Waals surface area (Å²) >= 11 is 3.39. The van der Waals surface area contributed by atoms with Gasteiger partial charge in [0.25, 0.3) is 0 Å². The Labute approximate surface area is 116 Å². The maximum Gasteiger partial charge on any atom is 0.160 e. The summed E-state index contributed by atoms with van der Waals surface area (Å²) in [4.78, 5) is 12.4. The molecule has 1 aromatic rings. The molecule has 1 saturated heterocycles. The average Bonchev–Trinajstić information content (AvgIpc) is 2.65. The quantitative estimate of drug-likeness (QED) is 0.826. The number of quaternary nitrogens is 1. The third-order valence-corrected chi connectivity index (χ3v) is 5.53. The van der Waals surface area contributed by atoms with Crippen molar-refractivity contribution < 1.29 is 15.2 Å². The first kappa shape index (κ1) is 13.8. The van der Waals surface area contributed by atoms with Gasteiger partial charge in [0.15, 0.2) is 5.37 Å². The number of aliphatic carboxylic acids is 1. The molecule has 5 heteroatoms. The lowest BCUT2D eigenvalue weighted by Crippen LogP contribution is -2.92. The number of carboxylic acid groups (broad SMARTS) is 1. The molecule has 2 N–H and O–H groups in total. The smallest absolute Gasteiger partial charge is 0.160 e. The van der Waals surface area contributed by atoms with Gasteiger partial charge in [0.2, 0.25) is 0 Å². The SMILES string of the molecule is CSc1ccc([C@@H]2[NH2+][C@@H](C(=O)[O-])C(C)(C)S2)cc1. The predicted molar refractivity (Wildman–Crippen MR) is 73.4 cm³/mol.